The van der Waals surface area contributed by atoms with E-state index in [9.17, 15) is 9.18 Å². The molecule has 0 saturated carbocycles. The van der Waals surface area contributed by atoms with Crippen LogP contribution in [0.1, 0.15) is 10.9 Å². The number of carbonyl (C=O) groups excluding carboxylic acids is 1. The van der Waals surface area contributed by atoms with Gasteiger partial charge in [0.1, 0.15) is 11.2 Å². The van der Waals surface area contributed by atoms with E-state index in [2.05, 4.69) is 5.32 Å². The van der Waals surface area contributed by atoms with Gasteiger partial charge in [0.2, 0.25) is 0 Å². The van der Waals surface area contributed by atoms with Crippen molar-refractivity contribution >= 4 is 46.7 Å². The second-order valence-corrected chi connectivity index (χ2v) is 7.00. The van der Waals surface area contributed by atoms with Crippen molar-refractivity contribution in [2.45, 2.75) is 5.37 Å². The Balaban J connectivity index is 1.80. The molecule has 1 atom stereocenters. The fraction of sp³-hybridized carbons (Fsp3) is 0.188. The van der Waals surface area contributed by atoms with E-state index in [0.717, 1.165) is 11.3 Å². The summed E-state index contributed by atoms with van der Waals surface area (Å²) in [7, 11) is 0. The predicted octanol–water partition coefficient (Wildman–Crippen LogP) is 5.41. The highest BCUT2D eigenvalue weighted by molar-refractivity contribution is 7.99. The van der Waals surface area contributed by atoms with Crippen LogP contribution in [0.2, 0.25) is 10.0 Å². The molecule has 0 bridgehead atoms. The number of benzene rings is 2. The molecule has 2 aromatic carbocycles. The second-order valence-electron chi connectivity index (χ2n) is 4.99. The molecule has 23 heavy (non-hydrogen) atoms. The Kier molecular flexibility index (Phi) is 4.99. The third-order valence-electron chi connectivity index (χ3n) is 3.50. The smallest absolute Gasteiger partial charge is 0.308 e. The zero-order valence-electron chi connectivity index (χ0n) is 11.9. The van der Waals surface area contributed by atoms with Crippen LogP contribution in [-0.2, 0) is 0 Å². The summed E-state index contributed by atoms with van der Waals surface area (Å²) in [5, 5.41) is 3.38. The average molecular weight is 371 g/mol. The lowest BCUT2D eigenvalue weighted by molar-refractivity contribution is 0.214. The summed E-state index contributed by atoms with van der Waals surface area (Å²) >= 11 is 13.8. The van der Waals surface area contributed by atoms with Crippen molar-refractivity contribution in [3.63, 3.8) is 0 Å². The Morgan fingerprint density at radius 3 is 2.48 bits per heavy atom. The first-order chi connectivity index (χ1) is 11.1. The van der Waals surface area contributed by atoms with Gasteiger partial charge in [-0.2, -0.15) is 0 Å². The van der Waals surface area contributed by atoms with Crippen molar-refractivity contribution in [2.24, 2.45) is 0 Å². The lowest BCUT2D eigenvalue weighted by atomic mass is 10.2. The normalized spacial score (nSPS) is 17.3. The lowest BCUT2D eigenvalue weighted by Gasteiger charge is -2.25. The maximum atomic E-state index is 13.1. The first-order valence-corrected chi connectivity index (χ1v) is 8.75. The van der Waals surface area contributed by atoms with E-state index in [1.165, 1.54) is 12.1 Å². The molecule has 3 rings (SSSR count). The summed E-state index contributed by atoms with van der Waals surface area (Å²) in [6.45, 7) is 0.598. The molecule has 2 amide bonds. The second kappa shape index (κ2) is 6.99. The van der Waals surface area contributed by atoms with Crippen molar-refractivity contribution in [2.75, 3.05) is 17.6 Å². The number of urea groups is 1. The van der Waals surface area contributed by atoms with Gasteiger partial charge in [-0.1, -0.05) is 41.4 Å². The number of nitrogens with one attached hydrogen (secondary N) is 1. The number of para-hydroxylation sites is 1. The number of rotatable bonds is 2. The van der Waals surface area contributed by atoms with E-state index in [1.54, 1.807) is 47.0 Å². The van der Waals surface area contributed by atoms with E-state index < -0.39 is 0 Å². The van der Waals surface area contributed by atoms with Crippen molar-refractivity contribution in [3.8, 4) is 0 Å². The van der Waals surface area contributed by atoms with Crippen molar-refractivity contribution in [1.29, 1.82) is 0 Å². The van der Waals surface area contributed by atoms with Crippen LogP contribution in [0.4, 0.5) is 14.9 Å². The van der Waals surface area contributed by atoms with Crippen molar-refractivity contribution in [1.82, 2.24) is 4.90 Å². The largest absolute Gasteiger partial charge is 0.323 e. The summed E-state index contributed by atoms with van der Waals surface area (Å²) in [6.07, 6.45) is 0. The van der Waals surface area contributed by atoms with Gasteiger partial charge in [0, 0.05) is 12.3 Å². The summed E-state index contributed by atoms with van der Waals surface area (Å²) in [4.78, 5) is 14.3. The van der Waals surface area contributed by atoms with Gasteiger partial charge in [-0.25, -0.2) is 9.18 Å². The maximum Gasteiger partial charge on any atom is 0.323 e. The molecule has 3 nitrogen and oxygen atoms in total. The molecule has 2 aromatic rings. The monoisotopic (exact) mass is 370 g/mol. The topological polar surface area (TPSA) is 32.3 Å². The van der Waals surface area contributed by atoms with Crippen LogP contribution in [0.25, 0.3) is 0 Å². The minimum atomic E-state index is -0.296. The number of hydrogen-bond acceptors (Lipinski definition) is 2. The third-order valence-corrected chi connectivity index (χ3v) is 5.39. The summed E-state index contributed by atoms with van der Waals surface area (Å²) in [5.41, 5.74) is 1.28. The Morgan fingerprint density at radius 1 is 1.17 bits per heavy atom. The van der Waals surface area contributed by atoms with Gasteiger partial charge in [-0.05, 0) is 29.8 Å². The fourth-order valence-electron chi connectivity index (χ4n) is 2.38. The van der Waals surface area contributed by atoms with Crippen LogP contribution in [0.15, 0.2) is 42.5 Å². The number of amides is 2. The number of hydrogen-bond donors (Lipinski definition) is 1. The molecule has 1 aliphatic rings. The molecular weight excluding hydrogens is 358 g/mol. The van der Waals surface area contributed by atoms with E-state index in [4.69, 9.17) is 23.2 Å². The third kappa shape index (κ3) is 3.57. The number of nitrogens with zero attached hydrogens (tertiary/aromatic N) is 1. The molecule has 0 spiro atoms. The Bertz CT molecular complexity index is 706. The lowest BCUT2D eigenvalue weighted by Crippen LogP contribution is -2.34. The van der Waals surface area contributed by atoms with Crippen molar-refractivity contribution in [3.05, 3.63) is 63.9 Å². The summed E-state index contributed by atoms with van der Waals surface area (Å²) in [6, 6.07) is 11.0. The molecule has 1 unspecified atom stereocenters. The van der Waals surface area contributed by atoms with Gasteiger partial charge in [0.25, 0.3) is 0 Å². The van der Waals surface area contributed by atoms with Crippen LogP contribution in [0.3, 0.4) is 0 Å². The van der Waals surface area contributed by atoms with Crippen LogP contribution in [-0.4, -0.2) is 23.2 Å². The molecule has 1 N–H and O–H groups in total. The van der Waals surface area contributed by atoms with Crippen molar-refractivity contribution < 1.29 is 9.18 Å². The minimum Gasteiger partial charge on any atom is -0.308 e. The Labute approximate surface area is 147 Å². The highest BCUT2D eigenvalue weighted by Gasteiger charge is 2.31. The molecule has 0 aromatic heterocycles. The molecule has 1 aliphatic heterocycles. The first kappa shape index (κ1) is 16.4. The predicted molar refractivity (Wildman–Crippen MR) is 93.8 cm³/mol. The van der Waals surface area contributed by atoms with Gasteiger partial charge >= 0.3 is 6.03 Å². The van der Waals surface area contributed by atoms with Gasteiger partial charge < -0.3 is 10.2 Å². The zero-order valence-corrected chi connectivity index (χ0v) is 14.3. The molecule has 0 radical (unpaired) electrons. The Hall–Kier alpha value is -1.43. The molecule has 7 heteroatoms. The van der Waals surface area contributed by atoms with Crippen LogP contribution in [0.5, 0.6) is 0 Å². The molecule has 1 fully saturated rings. The SMILES string of the molecule is O=C(Nc1c(Cl)cccc1Cl)N1CCSC1c1ccc(F)cc1. The number of halogens is 3. The highest BCUT2D eigenvalue weighted by Crippen LogP contribution is 2.39. The minimum absolute atomic E-state index is 0.156. The zero-order chi connectivity index (χ0) is 16.4. The molecule has 120 valence electrons. The maximum absolute atomic E-state index is 13.1. The van der Waals surface area contributed by atoms with Gasteiger partial charge in [-0.15, -0.1) is 11.8 Å². The van der Waals surface area contributed by atoms with Gasteiger partial charge in [0.15, 0.2) is 0 Å². The van der Waals surface area contributed by atoms with Gasteiger partial charge in [-0.3, -0.25) is 0 Å². The first-order valence-electron chi connectivity index (χ1n) is 6.95. The van der Waals surface area contributed by atoms with E-state index >= 15 is 0 Å². The fourth-order valence-corrected chi connectivity index (χ4v) is 4.13. The van der Waals surface area contributed by atoms with E-state index in [-0.39, 0.29) is 17.2 Å². The standard InChI is InChI=1S/C16H13Cl2FN2OS/c17-12-2-1-3-13(18)14(12)20-16(22)21-8-9-23-15(21)10-4-6-11(19)7-5-10/h1-7,15H,8-9H2,(H,20,22). The summed E-state index contributed by atoms with van der Waals surface area (Å²) in [5.74, 6) is 0.515. The Morgan fingerprint density at radius 2 is 1.83 bits per heavy atom. The number of thioether (sulfide) groups is 1. The van der Waals surface area contributed by atoms with Gasteiger partial charge in [0.05, 0.1) is 15.7 Å². The van der Waals surface area contributed by atoms with Crippen LogP contribution in [0, 0.1) is 5.82 Å². The molecule has 1 heterocycles. The van der Waals surface area contributed by atoms with E-state index in [1.807, 2.05) is 0 Å². The molecular formula is C16H13Cl2FN2OS. The average Bonchev–Trinajstić information content (AvgIpc) is 3.01. The van der Waals surface area contributed by atoms with Crippen LogP contribution >= 0.6 is 35.0 Å². The quantitative estimate of drug-likeness (QED) is 0.765. The molecule has 0 aliphatic carbocycles. The highest BCUT2D eigenvalue weighted by atomic mass is 35.5. The number of carbonyl (C=O) groups is 1. The van der Waals surface area contributed by atoms with Crippen LogP contribution < -0.4 is 5.32 Å². The molecule has 1 saturated heterocycles. The van der Waals surface area contributed by atoms with E-state index in [0.29, 0.717) is 22.3 Å². The number of anilines is 1. The summed E-state index contributed by atoms with van der Waals surface area (Å²) < 4.78 is 13.1.